The number of nitrogens with one attached hydrogen (secondary N) is 1. The summed E-state index contributed by atoms with van der Waals surface area (Å²) in [6.07, 6.45) is 4.73. The Morgan fingerprint density at radius 3 is 2.64 bits per heavy atom. The molecule has 65 valence electrons. The number of unbranched alkanes of at least 4 members (excludes halogenated alkanes) is 2. The van der Waals surface area contributed by atoms with Gasteiger partial charge >= 0.3 is 0 Å². The van der Waals surface area contributed by atoms with Crippen molar-refractivity contribution in [2.75, 3.05) is 0 Å². The molecule has 1 N–H and O–H groups in total. The number of carbonyl (C=O) groups excluding carboxylic acids is 1. The van der Waals surface area contributed by atoms with Crippen LogP contribution in [-0.2, 0) is 4.79 Å². The maximum atomic E-state index is 10.5. The second kappa shape index (κ2) is 6.20. The number of rotatable bonds is 5. The van der Waals surface area contributed by atoms with Gasteiger partial charge < -0.3 is 5.32 Å². The molecule has 0 fully saturated rings. The van der Waals surface area contributed by atoms with Crippen LogP contribution in [0.5, 0.6) is 0 Å². The number of amides is 1. The van der Waals surface area contributed by atoms with E-state index in [-0.39, 0.29) is 11.9 Å². The van der Waals surface area contributed by atoms with Crippen LogP contribution in [0.4, 0.5) is 0 Å². The van der Waals surface area contributed by atoms with E-state index in [1.54, 1.807) is 0 Å². The first-order valence-corrected chi connectivity index (χ1v) is 4.29. The maximum Gasteiger partial charge on any atom is 0.220 e. The van der Waals surface area contributed by atoms with Gasteiger partial charge in [0.1, 0.15) is 0 Å². The Morgan fingerprint density at radius 2 is 2.18 bits per heavy atom. The summed E-state index contributed by atoms with van der Waals surface area (Å²) >= 11 is 0. The van der Waals surface area contributed by atoms with E-state index in [2.05, 4.69) is 19.2 Å². The van der Waals surface area contributed by atoms with Crippen molar-refractivity contribution in [3.63, 3.8) is 0 Å². The summed E-state index contributed by atoms with van der Waals surface area (Å²) in [6, 6.07) is 0.284. The lowest BCUT2D eigenvalue weighted by atomic mass is 10.1. The van der Waals surface area contributed by atoms with Crippen LogP contribution in [0, 0.1) is 6.92 Å². The molecule has 0 aliphatic carbocycles. The average molecular weight is 156 g/mol. The number of hydrogen-bond acceptors (Lipinski definition) is 1. The van der Waals surface area contributed by atoms with Gasteiger partial charge in [-0.25, -0.2) is 0 Å². The molecule has 1 radical (unpaired) electrons. The third-order valence-electron chi connectivity index (χ3n) is 1.65. The highest BCUT2D eigenvalue weighted by atomic mass is 16.1. The van der Waals surface area contributed by atoms with E-state index >= 15 is 0 Å². The SMILES string of the molecule is [CH2]C(=O)NC(C)CCCCC. The molecule has 0 aromatic heterocycles. The number of carbonyl (C=O) groups is 1. The van der Waals surface area contributed by atoms with Crippen LogP contribution >= 0.6 is 0 Å². The van der Waals surface area contributed by atoms with Crippen LogP contribution in [0.2, 0.25) is 0 Å². The zero-order valence-corrected chi connectivity index (χ0v) is 7.52. The molecule has 0 aromatic rings. The van der Waals surface area contributed by atoms with Gasteiger partial charge in [0.2, 0.25) is 5.91 Å². The number of hydrogen-bond donors (Lipinski definition) is 1. The monoisotopic (exact) mass is 156 g/mol. The Labute approximate surface area is 69.4 Å². The fourth-order valence-electron chi connectivity index (χ4n) is 1.05. The van der Waals surface area contributed by atoms with Crippen LogP contribution in [0.25, 0.3) is 0 Å². The molecule has 1 unspecified atom stereocenters. The quantitative estimate of drug-likeness (QED) is 0.605. The Hall–Kier alpha value is -0.530. The molecule has 0 rings (SSSR count). The van der Waals surface area contributed by atoms with Crippen molar-refractivity contribution in [2.24, 2.45) is 0 Å². The standard InChI is InChI=1S/C9H18NO/c1-4-5-6-7-8(2)10-9(3)11/h8H,3-7H2,1-2H3,(H,10,11). The first kappa shape index (κ1) is 10.5. The van der Waals surface area contributed by atoms with Gasteiger partial charge in [0.05, 0.1) is 0 Å². The minimum absolute atomic E-state index is 0.172. The van der Waals surface area contributed by atoms with Crippen LogP contribution in [0.3, 0.4) is 0 Å². The van der Waals surface area contributed by atoms with E-state index in [9.17, 15) is 4.79 Å². The van der Waals surface area contributed by atoms with Crippen molar-refractivity contribution >= 4 is 5.91 Å². The highest BCUT2D eigenvalue weighted by Crippen LogP contribution is 2.02. The highest BCUT2D eigenvalue weighted by molar-refractivity contribution is 5.80. The molecule has 0 aliphatic rings. The van der Waals surface area contributed by atoms with Gasteiger partial charge in [0.25, 0.3) is 0 Å². The van der Waals surface area contributed by atoms with E-state index in [1.165, 1.54) is 19.3 Å². The fraction of sp³-hybridized carbons (Fsp3) is 0.778. The van der Waals surface area contributed by atoms with E-state index in [0.717, 1.165) is 6.42 Å². The van der Waals surface area contributed by atoms with Gasteiger partial charge in [-0.1, -0.05) is 26.2 Å². The molecule has 2 heteroatoms. The summed E-state index contributed by atoms with van der Waals surface area (Å²) in [5, 5.41) is 2.75. The summed E-state index contributed by atoms with van der Waals surface area (Å²) in [5.41, 5.74) is 0. The predicted molar refractivity (Wildman–Crippen MR) is 47.1 cm³/mol. The Balaban J connectivity index is 3.22. The molecule has 1 atom stereocenters. The highest BCUT2D eigenvalue weighted by Gasteiger charge is 2.01. The predicted octanol–water partition coefficient (Wildman–Crippen LogP) is 1.91. The summed E-state index contributed by atoms with van der Waals surface area (Å²) < 4.78 is 0. The minimum atomic E-state index is -0.172. The largest absolute Gasteiger partial charge is 0.354 e. The van der Waals surface area contributed by atoms with Gasteiger partial charge in [-0.3, -0.25) is 4.79 Å². The molecular formula is C9H18NO. The summed E-state index contributed by atoms with van der Waals surface area (Å²) in [6.45, 7) is 7.44. The molecule has 0 spiro atoms. The van der Waals surface area contributed by atoms with Crippen molar-refractivity contribution < 1.29 is 4.79 Å². The van der Waals surface area contributed by atoms with Gasteiger partial charge in [0, 0.05) is 13.0 Å². The van der Waals surface area contributed by atoms with E-state index in [0.29, 0.717) is 0 Å². The summed E-state index contributed by atoms with van der Waals surface area (Å²) in [7, 11) is 0. The zero-order chi connectivity index (χ0) is 8.69. The molecule has 1 amide bonds. The first-order chi connectivity index (χ1) is 5.16. The van der Waals surface area contributed by atoms with Gasteiger partial charge in [-0.2, -0.15) is 0 Å². The Bertz CT molecular complexity index is 112. The molecule has 0 heterocycles. The molecule has 0 aromatic carbocycles. The van der Waals surface area contributed by atoms with E-state index in [1.807, 2.05) is 6.92 Å². The third-order valence-corrected chi connectivity index (χ3v) is 1.65. The van der Waals surface area contributed by atoms with Crippen LogP contribution < -0.4 is 5.32 Å². The summed E-state index contributed by atoms with van der Waals surface area (Å²) in [5.74, 6) is -0.172. The second-order valence-corrected chi connectivity index (χ2v) is 2.96. The van der Waals surface area contributed by atoms with E-state index in [4.69, 9.17) is 0 Å². The van der Waals surface area contributed by atoms with Gasteiger partial charge in [-0.15, -0.1) is 0 Å². The first-order valence-electron chi connectivity index (χ1n) is 4.29. The van der Waals surface area contributed by atoms with Crippen LogP contribution in [0.1, 0.15) is 39.5 Å². The van der Waals surface area contributed by atoms with Gasteiger partial charge in [-0.05, 0) is 13.3 Å². The normalized spacial score (nSPS) is 12.6. The van der Waals surface area contributed by atoms with E-state index < -0.39 is 0 Å². The zero-order valence-electron chi connectivity index (χ0n) is 7.52. The molecule has 2 nitrogen and oxygen atoms in total. The Kier molecular flexibility index (Phi) is 5.90. The molecule has 0 saturated carbocycles. The van der Waals surface area contributed by atoms with Crippen LogP contribution in [-0.4, -0.2) is 11.9 Å². The Morgan fingerprint density at radius 1 is 1.55 bits per heavy atom. The summed E-state index contributed by atoms with van der Waals surface area (Å²) in [4.78, 5) is 10.5. The lowest BCUT2D eigenvalue weighted by Gasteiger charge is -2.10. The van der Waals surface area contributed by atoms with Crippen molar-refractivity contribution in [1.29, 1.82) is 0 Å². The molecular weight excluding hydrogens is 138 g/mol. The smallest absolute Gasteiger partial charge is 0.220 e. The van der Waals surface area contributed by atoms with Gasteiger partial charge in [0.15, 0.2) is 0 Å². The van der Waals surface area contributed by atoms with Crippen molar-refractivity contribution in [2.45, 2.75) is 45.6 Å². The molecule has 0 aliphatic heterocycles. The van der Waals surface area contributed by atoms with Crippen molar-refractivity contribution in [3.05, 3.63) is 6.92 Å². The molecule has 11 heavy (non-hydrogen) atoms. The average Bonchev–Trinajstić information content (AvgIpc) is 1.86. The topological polar surface area (TPSA) is 29.1 Å². The van der Waals surface area contributed by atoms with Crippen molar-refractivity contribution in [3.8, 4) is 0 Å². The maximum absolute atomic E-state index is 10.5. The van der Waals surface area contributed by atoms with Crippen LogP contribution in [0.15, 0.2) is 0 Å². The minimum Gasteiger partial charge on any atom is -0.354 e. The third kappa shape index (κ3) is 7.37. The molecule has 0 saturated heterocycles. The fourth-order valence-corrected chi connectivity index (χ4v) is 1.05. The lowest BCUT2D eigenvalue weighted by molar-refractivity contribution is -0.117. The molecule has 0 bridgehead atoms. The van der Waals surface area contributed by atoms with Crippen molar-refractivity contribution in [1.82, 2.24) is 5.32 Å². The lowest BCUT2D eigenvalue weighted by Crippen LogP contribution is -2.30. The second-order valence-electron chi connectivity index (χ2n) is 2.96.